The highest BCUT2D eigenvalue weighted by atomic mass is 16.3. The molecule has 0 aromatic rings. The van der Waals surface area contributed by atoms with Gasteiger partial charge in [-0.2, -0.15) is 0 Å². The standard InChI is InChI=1S/C8H17NO/c1-7(2)8(3,10)5-6-9-4/h9-10H,1,5-6H2,2-4H3. The van der Waals surface area contributed by atoms with Gasteiger partial charge in [0.2, 0.25) is 0 Å². The van der Waals surface area contributed by atoms with E-state index in [4.69, 9.17) is 0 Å². The number of rotatable bonds is 4. The summed E-state index contributed by atoms with van der Waals surface area (Å²) < 4.78 is 0. The maximum atomic E-state index is 9.58. The molecule has 0 aromatic heterocycles. The molecule has 60 valence electrons. The summed E-state index contributed by atoms with van der Waals surface area (Å²) in [6, 6.07) is 0. The fourth-order valence-corrected chi connectivity index (χ4v) is 0.582. The van der Waals surface area contributed by atoms with E-state index >= 15 is 0 Å². The van der Waals surface area contributed by atoms with Crippen molar-refractivity contribution < 1.29 is 5.11 Å². The van der Waals surface area contributed by atoms with E-state index in [0.717, 1.165) is 18.5 Å². The summed E-state index contributed by atoms with van der Waals surface area (Å²) in [5.74, 6) is 0. The van der Waals surface area contributed by atoms with Gasteiger partial charge < -0.3 is 10.4 Å². The molecule has 0 fully saturated rings. The Hall–Kier alpha value is -0.340. The first-order valence-corrected chi connectivity index (χ1v) is 3.53. The van der Waals surface area contributed by atoms with Gasteiger partial charge in [-0.1, -0.05) is 6.58 Å². The first-order chi connectivity index (χ1) is 4.50. The van der Waals surface area contributed by atoms with Crippen molar-refractivity contribution >= 4 is 0 Å². The topological polar surface area (TPSA) is 32.3 Å². The predicted octanol–water partition coefficient (Wildman–Crippen LogP) is 0.923. The molecule has 1 unspecified atom stereocenters. The SMILES string of the molecule is C=C(C)C(C)(O)CCNC. The van der Waals surface area contributed by atoms with Crippen molar-refractivity contribution in [1.29, 1.82) is 0 Å². The first-order valence-electron chi connectivity index (χ1n) is 3.53. The smallest absolute Gasteiger partial charge is 0.0835 e. The third kappa shape index (κ3) is 2.99. The van der Waals surface area contributed by atoms with Gasteiger partial charge in [-0.3, -0.25) is 0 Å². The Morgan fingerprint density at radius 1 is 1.70 bits per heavy atom. The molecule has 0 radical (unpaired) electrons. The number of aliphatic hydroxyl groups is 1. The summed E-state index contributed by atoms with van der Waals surface area (Å²) in [5.41, 5.74) is 0.117. The summed E-state index contributed by atoms with van der Waals surface area (Å²) in [7, 11) is 1.87. The number of hydrogen-bond acceptors (Lipinski definition) is 2. The Labute approximate surface area is 62.9 Å². The quantitative estimate of drug-likeness (QED) is 0.574. The van der Waals surface area contributed by atoms with E-state index in [1.54, 1.807) is 6.92 Å². The average Bonchev–Trinajstić information content (AvgIpc) is 1.84. The fraction of sp³-hybridized carbons (Fsp3) is 0.750. The van der Waals surface area contributed by atoms with E-state index in [1.807, 2.05) is 14.0 Å². The van der Waals surface area contributed by atoms with Crippen molar-refractivity contribution in [3.05, 3.63) is 12.2 Å². The van der Waals surface area contributed by atoms with Gasteiger partial charge in [-0.25, -0.2) is 0 Å². The van der Waals surface area contributed by atoms with E-state index in [2.05, 4.69) is 11.9 Å². The molecule has 0 saturated heterocycles. The van der Waals surface area contributed by atoms with Crippen molar-refractivity contribution in [1.82, 2.24) is 5.32 Å². The molecule has 0 aliphatic rings. The molecule has 1 atom stereocenters. The van der Waals surface area contributed by atoms with Gasteiger partial charge in [0.05, 0.1) is 5.60 Å². The lowest BCUT2D eigenvalue weighted by molar-refractivity contribution is 0.0902. The Bertz CT molecular complexity index is 118. The summed E-state index contributed by atoms with van der Waals surface area (Å²) in [5, 5.41) is 12.6. The van der Waals surface area contributed by atoms with Gasteiger partial charge in [-0.15, -0.1) is 0 Å². The van der Waals surface area contributed by atoms with E-state index in [-0.39, 0.29) is 0 Å². The van der Waals surface area contributed by atoms with Crippen LogP contribution in [0, 0.1) is 0 Å². The zero-order valence-electron chi connectivity index (χ0n) is 7.07. The normalized spacial score (nSPS) is 16.4. The van der Waals surface area contributed by atoms with Crippen LogP contribution in [0.5, 0.6) is 0 Å². The molecule has 10 heavy (non-hydrogen) atoms. The van der Waals surface area contributed by atoms with Crippen LogP contribution in [0.25, 0.3) is 0 Å². The average molecular weight is 143 g/mol. The van der Waals surface area contributed by atoms with Crippen molar-refractivity contribution in [2.75, 3.05) is 13.6 Å². The molecule has 2 heteroatoms. The number of hydrogen-bond donors (Lipinski definition) is 2. The third-order valence-electron chi connectivity index (χ3n) is 1.78. The van der Waals surface area contributed by atoms with Crippen molar-refractivity contribution in [2.45, 2.75) is 25.9 Å². The molecule has 0 bridgehead atoms. The molecule has 0 spiro atoms. The molecule has 0 heterocycles. The molecule has 0 aliphatic heterocycles. The van der Waals surface area contributed by atoms with E-state index < -0.39 is 5.60 Å². The van der Waals surface area contributed by atoms with Gasteiger partial charge in [0.15, 0.2) is 0 Å². The molecule has 0 rings (SSSR count). The highest BCUT2D eigenvalue weighted by Gasteiger charge is 2.19. The van der Waals surface area contributed by atoms with Crippen LogP contribution in [0.3, 0.4) is 0 Å². The summed E-state index contributed by atoms with van der Waals surface area (Å²) >= 11 is 0. The van der Waals surface area contributed by atoms with Gasteiger partial charge in [0.25, 0.3) is 0 Å². The summed E-state index contributed by atoms with van der Waals surface area (Å²) in [6.07, 6.45) is 0.721. The zero-order valence-corrected chi connectivity index (χ0v) is 7.07. The maximum absolute atomic E-state index is 9.58. The van der Waals surface area contributed by atoms with E-state index in [0.29, 0.717) is 0 Å². The second-order valence-corrected chi connectivity index (χ2v) is 2.91. The van der Waals surface area contributed by atoms with Crippen molar-refractivity contribution in [2.24, 2.45) is 0 Å². The molecule has 2 N–H and O–H groups in total. The van der Waals surface area contributed by atoms with Crippen LogP contribution in [0.15, 0.2) is 12.2 Å². The van der Waals surface area contributed by atoms with E-state index in [9.17, 15) is 5.11 Å². The minimum Gasteiger partial charge on any atom is -0.386 e. The summed E-state index contributed by atoms with van der Waals surface area (Å²) in [6.45, 7) is 8.15. The van der Waals surface area contributed by atoms with Crippen LogP contribution in [-0.2, 0) is 0 Å². The van der Waals surface area contributed by atoms with Gasteiger partial charge in [0.1, 0.15) is 0 Å². The Kier molecular flexibility index (Phi) is 3.61. The monoisotopic (exact) mass is 143 g/mol. The lowest BCUT2D eigenvalue weighted by Crippen LogP contribution is -2.29. The largest absolute Gasteiger partial charge is 0.386 e. The van der Waals surface area contributed by atoms with Crippen LogP contribution in [0.2, 0.25) is 0 Å². The number of nitrogens with one attached hydrogen (secondary N) is 1. The fourth-order valence-electron chi connectivity index (χ4n) is 0.582. The molecule has 2 nitrogen and oxygen atoms in total. The molecular weight excluding hydrogens is 126 g/mol. The Balaban J connectivity index is 3.75. The molecule has 0 aliphatic carbocycles. The molecule has 0 aromatic carbocycles. The van der Waals surface area contributed by atoms with Crippen LogP contribution >= 0.6 is 0 Å². The summed E-state index contributed by atoms with van der Waals surface area (Å²) in [4.78, 5) is 0. The molecule has 0 amide bonds. The van der Waals surface area contributed by atoms with Crippen molar-refractivity contribution in [3.63, 3.8) is 0 Å². The van der Waals surface area contributed by atoms with Crippen LogP contribution < -0.4 is 5.32 Å². The van der Waals surface area contributed by atoms with Crippen molar-refractivity contribution in [3.8, 4) is 0 Å². The second-order valence-electron chi connectivity index (χ2n) is 2.91. The Morgan fingerprint density at radius 2 is 2.20 bits per heavy atom. The predicted molar refractivity (Wildman–Crippen MR) is 44.0 cm³/mol. The van der Waals surface area contributed by atoms with Crippen LogP contribution in [-0.4, -0.2) is 24.3 Å². The second kappa shape index (κ2) is 3.74. The molecular formula is C8H17NO. The highest BCUT2D eigenvalue weighted by molar-refractivity contribution is 5.06. The van der Waals surface area contributed by atoms with Gasteiger partial charge >= 0.3 is 0 Å². The lowest BCUT2D eigenvalue weighted by Gasteiger charge is -2.23. The van der Waals surface area contributed by atoms with Gasteiger partial charge in [0, 0.05) is 0 Å². The van der Waals surface area contributed by atoms with E-state index in [1.165, 1.54) is 0 Å². The van der Waals surface area contributed by atoms with Crippen LogP contribution in [0.4, 0.5) is 0 Å². The third-order valence-corrected chi connectivity index (χ3v) is 1.78. The maximum Gasteiger partial charge on any atom is 0.0835 e. The zero-order chi connectivity index (χ0) is 8.20. The highest BCUT2D eigenvalue weighted by Crippen LogP contribution is 2.16. The minimum absolute atomic E-state index is 0.705. The van der Waals surface area contributed by atoms with Gasteiger partial charge in [-0.05, 0) is 39.4 Å². The van der Waals surface area contributed by atoms with Crippen LogP contribution in [0.1, 0.15) is 20.3 Å². The minimum atomic E-state index is -0.705. The molecule has 0 saturated carbocycles. The lowest BCUT2D eigenvalue weighted by atomic mass is 9.95. The Morgan fingerprint density at radius 3 is 2.50 bits per heavy atom. The first kappa shape index (κ1) is 9.66.